The SMILES string of the molecule is CC.CCC(C)SC1CC(=O)N(CCCCCC(=O)N(C)C(C(N)=O)C(C)C)C1=O. The number of likely N-dealkylation sites (N-methyl/N-ethyl adjacent to an activating group) is 1. The summed E-state index contributed by atoms with van der Waals surface area (Å²) in [6, 6.07) is -0.604. The van der Waals surface area contributed by atoms with E-state index in [0.717, 1.165) is 12.8 Å². The molecule has 0 saturated carbocycles. The third-order valence-corrected chi connectivity index (χ3v) is 6.67. The van der Waals surface area contributed by atoms with E-state index >= 15 is 0 Å². The van der Waals surface area contributed by atoms with Crippen LogP contribution in [0.5, 0.6) is 0 Å². The van der Waals surface area contributed by atoms with Crippen molar-refractivity contribution >= 4 is 35.4 Å². The second-order valence-corrected chi connectivity index (χ2v) is 9.48. The molecule has 1 aliphatic rings. The molecular formula is C22H41N3O4S. The second kappa shape index (κ2) is 14.4. The fraction of sp³-hybridized carbons (Fsp3) is 0.818. The first kappa shape index (κ1) is 28.4. The fourth-order valence-corrected chi connectivity index (χ4v) is 4.63. The van der Waals surface area contributed by atoms with Gasteiger partial charge in [-0.3, -0.25) is 24.1 Å². The zero-order valence-electron chi connectivity index (χ0n) is 19.8. The van der Waals surface area contributed by atoms with Crippen molar-refractivity contribution in [3.05, 3.63) is 0 Å². The molecule has 0 radical (unpaired) electrons. The van der Waals surface area contributed by atoms with E-state index in [0.29, 0.717) is 37.5 Å². The summed E-state index contributed by atoms with van der Waals surface area (Å²) in [5.41, 5.74) is 5.39. The number of nitrogens with two attached hydrogens (primary N) is 1. The number of likely N-dealkylation sites (tertiary alicyclic amines) is 1. The van der Waals surface area contributed by atoms with Crippen molar-refractivity contribution in [2.45, 2.75) is 96.6 Å². The van der Waals surface area contributed by atoms with Crippen molar-refractivity contribution < 1.29 is 19.2 Å². The van der Waals surface area contributed by atoms with Gasteiger partial charge in [0.25, 0.3) is 0 Å². The molecule has 3 unspecified atom stereocenters. The minimum Gasteiger partial charge on any atom is -0.368 e. The van der Waals surface area contributed by atoms with Gasteiger partial charge in [-0.2, -0.15) is 0 Å². The molecule has 0 aromatic rings. The molecule has 0 spiro atoms. The predicted molar refractivity (Wildman–Crippen MR) is 123 cm³/mol. The van der Waals surface area contributed by atoms with Gasteiger partial charge in [-0.25, -0.2) is 0 Å². The van der Waals surface area contributed by atoms with Crippen LogP contribution in [0.25, 0.3) is 0 Å². The summed E-state index contributed by atoms with van der Waals surface area (Å²) in [7, 11) is 1.61. The molecule has 7 nitrogen and oxygen atoms in total. The van der Waals surface area contributed by atoms with Crippen LogP contribution in [0.4, 0.5) is 0 Å². The van der Waals surface area contributed by atoms with E-state index in [9.17, 15) is 19.2 Å². The van der Waals surface area contributed by atoms with Crippen LogP contribution in [0.15, 0.2) is 0 Å². The Morgan fingerprint density at radius 1 is 1.17 bits per heavy atom. The molecule has 0 aliphatic carbocycles. The number of nitrogens with zero attached hydrogens (tertiary/aromatic N) is 2. The molecule has 1 heterocycles. The highest BCUT2D eigenvalue weighted by Crippen LogP contribution is 2.29. The Morgan fingerprint density at radius 3 is 2.27 bits per heavy atom. The van der Waals surface area contributed by atoms with Crippen molar-refractivity contribution in [1.82, 2.24) is 9.80 Å². The Kier molecular flexibility index (Phi) is 13.7. The molecule has 1 rings (SSSR count). The number of primary amides is 1. The number of thioether (sulfide) groups is 1. The quantitative estimate of drug-likeness (QED) is 0.369. The number of imide groups is 1. The van der Waals surface area contributed by atoms with Crippen molar-refractivity contribution in [2.75, 3.05) is 13.6 Å². The van der Waals surface area contributed by atoms with Crippen molar-refractivity contribution in [3.63, 3.8) is 0 Å². The standard InChI is InChI=1S/C20H35N3O4S.C2H6/c1-6-14(4)28-15-12-17(25)23(20(15)27)11-9-7-8-10-16(24)22(5)18(13(2)3)19(21)26;1-2/h13-15,18H,6-12H2,1-5H3,(H2,21,26);1-2H3. The zero-order chi connectivity index (χ0) is 23.4. The largest absolute Gasteiger partial charge is 0.368 e. The molecular weight excluding hydrogens is 402 g/mol. The molecule has 1 fully saturated rings. The van der Waals surface area contributed by atoms with Gasteiger partial charge < -0.3 is 10.6 Å². The van der Waals surface area contributed by atoms with Gasteiger partial charge in [-0.05, 0) is 25.2 Å². The van der Waals surface area contributed by atoms with Crippen molar-refractivity contribution in [2.24, 2.45) is 11.7 Å². The second-order valence-electron chi connectivity index (χ2n) is 7.84. The Bertz CT molecular complexity index is 583. The minimum atomic E-state index is -0.604. The van der Waals surface area contributed by atoms with E-state index < -0.39 is 11.9 Å². The van der Waals surface area contributed by atoms with Gasteiger partial charge in [0.2, 0.25) is 23.6 Å². The van der Waals surface area contributed by atoms with E-state index in [4.69, 9.17) is 5.73 Å². The van der Waals surface area contributed by atoms with Crippen LogP contribution in [-0.4, -0.2) is 63.6 Å². The van der Waals surface area contributed by atoms with E-state index in [2.05, 4.69) is 13.8 Å². The predicted octanol–water partition coefficient (Wildman–Crippen LogP) is 3.20. The summed E-state index contributed by atoms with van der Waals surface area (Å²) in [4.78, 5) is 51.2. The number of hydrogen-bond donors (Lipinski definition) is 1. The van der Waals surface area contributed by atoms with Crippen molar-refractivity contribution in [1.29, 1.82) is 0 Å². The van der Waals surface area contributed by atoms with Gasteiger partial charge in [0.15, 0.2) is 0 Å². The highest BCUT2D eigenvalue weighted by molar-refractivity contribution is 8.01. The van der Waals surface area contributed by atoms with Crippen LogP contribution in [0, 0.1) is 5.92 Å². The Morgan fingerprint density at radius 2 is 1.77 bits per heavy atom. The van der Waals surface area contributed by atoms with Crippen LogP contribution in [0.3, 0.4) is 0 Å². The zero-order valence-corrected chi connectivity index (χ0v) is 20.6. The molecule has 0 bridgehead atoms. The van der Waals surface area contributed by atoms with E-state index in [1.54, 1.807) is 18.8 Å². The monoisotopic (exact) mass is 443 g/mol. The lowest BCUT2D eigenvalue weighted by Gasteiger charge is -2.28. The molecule has 3 atom stereocenters. The van der Waals surface area contributed by atoms with E-state index in [1.165, 1.54) is 9.80 Å². The first-order chi connectivity index (χ1) is 14.1. The van der Waals surface area contributed by atoms with Crippen LogP contribution in [0.1, 0.15) is 80.1 Å². The summed E-state index contributed by atoms with van der Waals surface area (Å²) < 4.78 is 0. The lowest BCUT2D eigenvalue weighted by molar-refractivity contribution is -0.139. The number of rotatable bonds is 12. The topological polar surface area (TPSA) is 101 Å². The van der Waals surface area contributed by atoms with Crippen LogP contribution in [-0.2, 0) is 19.2 Å². The first-order valence-electron chi connectivity index (χ1n) is 11.1. The average Bonchev–Trinajstić information content (AvgIpc) is 2.95. The van der Waals surface area contributed by atoms with Gasteiger partial charge in [-0.15, -0.1) is 11.8 Å². The average molecular weight is 444 g/mol. The summed E-state index contributed by atoms with van der Waals surface area (Å²) in [6.07, 6.45) is 3.65. The number of unbranched alkanes of at least 4 members (excludes halogenated alkanes) is 2. The van der Waals surface area contributed by atoms with Gasteiger partial charge in [0.05, 0.1) is 5.25 Å². The first-order valence-corrected chi connectivity index (χ1v) is 12.1. The molecule has 8 heteroatoms. The summed E-state index contributed by atoms with van der Waals surface area (Å²) in [5.74, 6) is -0.826. The third kappa shape index (κ3) is 8.66. The number of amides is 4. The van der Waals surface area contributed by atoms with E-state index in [1.807, 2.05) is 27.7 Å². The van der Waals surface area contributed by atoms with Crippen LogP contribution in [0.2, 0.25) is 0 Å². The molecule has 0 aromatic carbocycles. The van der Waals surface area contributed by atoms with Gasteiger partial charge in [0, 0.05) is 31.7 Å². The highest BCUT2D eigenvalue weighted by Gasteiger charge is 2.39. The maximum atomic E-state index is 12.4. The smallest absolute Gasteiger partial charge is 0.242 e. The molecule has 0 aromatic heterocycles. The lowest BCUT2D eigenvalue weighted by atomic mass is 10.0. The molecule has 1 saturated heterocycles. The molecule has 174 valence electrons. The minimum absolute atomic E-state index is 0.0418. The Hall–Kier alpha value is -1.57. The number of carbonyl (C=O) groups is 4. The number of hydrogen-bond acceptors (Lipinski definition) is 5. The maximum Gasteiger partial charge on any atom is 0.242 e. The van der Waals surface area contributed by atoms with Crippen LogP contribution >= 0.6 is 11.8 Å². The van der Waals surface area contributed by atoms with Gasteiger partial charge in [-0.1, -0.05) is 48.0 Å². The van der Waals surface area contributed by atoms with Crippen LogP contribution < -0.4 is 5.73 Å². The molecule has 1 aliphatic heterocycles. The Labute approximate surface area is 186 Å². The molecule has 2 N–H and O–H groups in total. The summed E-state index contributed by atoms with van der Waals surface area (Å²) >= 11 is 1.58. The lowest BCUT2D eigenvalue weighted by Crippen LogP contribution is -2.48. The fourth-order valence-electron chi connectivity index (χ4n) is 3.39. The Balaban J connectivity index is 0.00000407. The molecule has 30 heavy (non-hydrogen) atoms. The third-order valence-electron chi connectivity index (χ3n) is 5.18. The van der Waals surface area contributed by atoms with Gasteiger partial charge in [0.1, 0.15) is 6.04 Å². The summed E-state index contributed by atoms with van der Waals surface area (Å²) in [6.45, 7) is 12.3. The summed E-state index contributed by atoms with van der Waals surface area (Å²) in [5, 5.41) is 0.110. The highest BCUT2D eigenvalue weighted by atomic mass is 32.2. The maximum absolute atomic E-state index is 12.4. The van der Waals surface area contributed by atoms with Crippen molar-refractivity contribution in [3.8, 4) is 0 Å². The van der Waals surface area contributed by atoms with E-state index in [-0.39, 0.29) is 28.9 Å². The molecule has 4 amide bonds. The van der Waals surface area contributed by atoms with Gasteiger partial charge >= 0.3 is 0 Å². The normalized spacial score (nSPS) is 18.1. The number of carbonyl (C=O) groups excluding carboxylic acids is 4.